The van der Waals surface area contributed by atoms with Crippen molar-refractivity contribution in [1.82, 2.24) is 19.1 Å². The van der Waals surface area contributed by atoms with E-state index in [4.69, 9.17) is 0 Å². The zero-order valence-corrected chi connectivity index (χ0v) is 14.1. The summed E-state index contributed by atoms with van der Waals surface area (Å²) in [6, 6.07) is 9.89. The van der Waals surface area contributed by atoms with Crippen molar-refractivity contribution < 1.29 is 9.18 Å². The highest BCUT2D eigenvalue weighted by Gasteiger charge is 2.22. The number of benzene rings is 1. The van der Waals surface area contributed by atoms with Gasteiger partial charge in [0.05, 0.1) is 11.7 Å². The maximum Gasteiger partial charge on any atom is 0.349 e. The number of amides is 1. The molecule has 3 heterocycles. The van der Waals surface area contributed by atoms with Gasteiger partial charge < -0.3 is 9.80 Å². The lowest BCUT2D eigenvalue weighted by Crippen LogP contribution is -2.50. The molecule has 8 heteroatoms. The molecule has 26 heavy (non-hydrogen) atoms. The summed E-state index contributed by atoms with van der Waals surface area (Å²) in [5.41, 5.74) is 1.31. The Bertz CT molecular complexity index is 987. The maximum absolute atomic E-state index is 13.0. The minimum Gasteiger partial charge on any atom is -0.368 e. The fourth-order valence-corrected chi connectivity index (χ4v) is 3.18. The predicted octanol–water partition coefficient (Wildman–Crippen LogP) is 0.984. The summed E-state index contributed by atoms with van der Waals surface area (Å²) in [5, 5.41) is 4.07. The monoisotopic (exact) mass is 355 g/mol. The molecule has 0 radical (unpaired) electrons. The summed E-state index contributed by atoms with van der Waals surface area (Å²) < 4.78 is 15.7. The van der Waals surface area contributed by atoms with Gasteiger partial charge in [-0.3, -0.25) is 9.20 Å². The number of rotatable bonds is 3. The second-order valence-electron chi connectivity index (χ2n) is 6.23. The predicted molar refractivity (Wildman–Crippen MR) is 94.6 cm³/mol. The van der Waals surface area contributed by atoms with Crippen LogP contribution in [0.3, 0.4) is 0 Å². The SMILES string of the molecule is O=C(Cn1ncc2cccn2c1=O)N1CCN(c2ccc(F)cc2)CC1. The fourth-order valence-electron chi connectivity index (χ4n) is 3.18. The Morgan fingerprint density at radius 3 is 2.54 bits per heavy atom. The quantitative estimate of drug-likeness (QED) is 0.703. The van der Waals surface area contributed by atoms with E-state index in [9.17, 15) is 14.0 Å². The lowest BCUT2D eigenvalue weighted by molar-refractivity contribution is -0.132. The molecule has 1 amide bonds. The number of carbonyl (C=O) groups is 1. The summed E-state index contributed by atoms with van der Waals surface area (Å²) >= 11 is 0. The van der Waals surface area contributed by atoms with E-state index in [1.54, 1.807) is 41.6 Å². The molecule has 3 aromatic rings. The summed E-state index contributed by atoms with van der Waals surface area (Å²) in [5.74, 6) is -0.398. The fraction of sp³-hybridized carbons (Fsp3) is 0.278. The second kappa shape index (κ2) is 6.62. The van der Waals surface area contributed by atoms with Gasteiger partial charge in [-0.05, 0) is 36.4 Å². The van der Waals surface area contributed by atoms with Crippen molar-refractivity contribution in [1.29, 1.82) is 0 Å². The van der Waals surface area contributed by atoms with Gasteiger partial charge in [-0.2, -0.15) is 5.10 Å². The number of anilines is 1. The third kappa shape index (κ3) is 3.05. The molecule has 0 spiro atoms. The van der Waals surface area contributed by atoms with Gasteiger partial charge in [-0.25, -0.2) is 13.9 Å². The highest BCUT2D eigenvalue weighted by molar-refractivity contribution is 5.76. The number of hydrogen-bond acceptors (Lipinski definition) is 4. The van der Waals surface area contributed by atoms with Crippen LogP contribution in [0.2, 0.25) is 0 Å². The Labute approximate surface area is 148 Å². The van der Waals surface area contributed by atoms with Crippen LogP contribution in [0.5, 0.6) is 0 Å². The van der Waals surface area contributed by atoms with E-state index < -0.39 is 0 Å². The molecule has 4 rings (SSSR count). The molecule has 1 aliphatic rings. The van der Waals surface area contributed by atoms with Crippen LogP contribution in [-0.2, 0) is 11.3 Å². The summed E-state index contributed by atoms with van der Waals surface area (Å²) in [6.45, 7) is 2.35. The average Bonchev–Trinajstić information content (AvgIpc) is 3.14. The number of fused-ring (bicyclic) bond motifs is 1. The third-order valence-corrected chi connectivity index (χ3v) is 4.65. The Morgan fingerprint density at radius 1 is 1.08 bits per heavy atom. The Morgan fingerprint density at radius 2 is 1.81 bits per heavy atom. The van der Waals surface area contributed by atoms with E-state index in [-0.39, 0.29) is 24.0 Å². The molecule has 0 saturated carbocycles. The first-order chi connectivity index (χ1) is 12.6. The van der Waals surface area contributed by atoms with E-state index in [1.165, 1.54) is 21.2 Å². The summed E-state index contributed by atoms with van der Waals surface area (Å²) in [7, 11) is 0. The van der Waals surface area contributed by atoms with Crippen LogP contribution < -0.4 is 10.6 Å². The number of hydrogen-bond donors (Lipinski definition) is 0. The minimum absolute atomic E-state index is 0.0799. The standard InChI is InChI=1S/C18H18FN5O2/c19-14-3-5-15(6-4-14)21-8-10-22(11-9-21)17(25)13-24-18(26)23-7-1-2-16(23)12-20-24/h1-7,12H,8-11,13H2. The van der Waals surface area contributed by atoms with Gasteiger partial charge in [0.2, 0.25) is 5.91 Å². The van der Waals surface area contributed by atoms with Crippen molar-refractivity contribution in [2.75, 3.05) is 31.1 Å². The molecular formula is C18H18FN5O2. The summed E-state index contributed by atoms with van der Waals surface area (Å²) in [4.78, 5) is 28.7. The molecule has 1 aliphatic heterocycles. The van der Waals surface area contributed by atoms with Crippen LogP contribution in [0, 0.1) is 5.82 Å². The molecular weight excluding hydrogens is 337 g/mol. The van der Waals surface area contributed by atoms with Crippen molar-refractivity contribution in [3.05, 3.63) is 65.1 Å². The largest absolute Gasteiger partial charge is 0.368 e. The zero-order chi connectivity index (χ0) is 18.1. The van der Waals surface area contributed by atoms with Crippen LogP contribution in [0.25, 0.3) is 5.52 Å². The van der Waals surface area contributed by atoms with Crippen LogP contribution in [0.1, 0.15) is 0 Å². The van der Waals surface area contributed by atoms with Crippen LogP contribution >= 0.6 is 0 Å². The van der Waals surface area contributed by atoms with Crippen molar-refractivity contribution in [3.8, 4) is 0 Å². The van der Waals surface area contributed by atoms with Gasteiger partial charge in [0.25, 0.3) is 0 Å². The Balaban J connectivity index is 1.41. The van der Waals surface area contributed by atoms with Crippen molar-refractivity contribution in [3.63, 3.8) is 0 Å². The summed E-state index contributed by atoms with van der Waals surface area (Å²) in [6.07, 6.45) is 3.23. The zero-order valence-electron chi connectivity index (χ0n) is 14.1. The first kappa shape index (κ1) is 16.3. The molecule has 0 atom stereocenters. The van der Waals surface area contributed by atoms with Gasteiger partial charge in [-0.1, -0.05) is 0 Å². The Hall–Kier alpha value is -3.16. The van der Waals surface area contributed by atoms with E-state index >= 15 is 0 Å². The van der Waals surface area contributed by atoms with E-state index in [0.29, 0.717) is 31.7 Å². The van der Waals surface area contributed by atoms with Crippen LogP contribution in [0.4, 0.5) is 10.1 Å². The van der Waals surface area contributed by atoms with E-state index in [1.807, 2.05) is 0 Å². The second-order valence-corrected chi connectivity index (χ2v) is 6.23. The van der Waals surface area contributed by atoms with Crippen molar-refractivity contribution >= 4 is 17.1 Å². The van der Waals surface area contributed by atoms with Gasteiger partial charge in [-0.15, -0.1) is 0 Å². The number of aromatic nitrogens is 3. The smallest absolute Gasteiger partial charge is 0.349 e. The minimum atomic E-state index is -0.328. The molecule has 0 N–H and O–H groups in total. The van der Waals surface area contributed by atoms with Gasteiger partial charge in [0.1, 0.15) is 12.4 Å². The number of halogens is 1. The van der Waals surface area contributed by atoms with Crippen molar-refractivity contribution in [2.24, 2.45) is 0 Å². The third-order valence-electron chi connectivity index (χ3n) is 4.65. The first-order valence-electron chi connectivity index (χ1n) is 8.43. The highest BCUT2D eigenvalue weighted by atomic mass is 19.1. The van der Waals surface area contributed by atoms with Crippen LogP contribution in [-0.4, -0.2) is 51.2 Å². The first-order valence-corrected chi connectivity index (χ1v) is 8.43. The van der Waals surface area contributed by atoms with Crippen LogP contribution in [0.15, 0.2) is 53.6 Å². The molecule has 0 bridgehead atoms. The molecule has 1 aromatic carbocycles. The lowest BCUT2D eigenvalue weighted by Gasteiger charge is -2.36. The molecule has 1 fully saturated rings. The van der Waals surface area contributed by atoms with Crippen molar-refractivity contribution in [2.45, 2.75) is 6.54 Å². The average molecular weight is 355 g/mol. The molecule has 7 nitrogen and oxygen atoms in total. The molecule has 0 aliphatic carbocycles. The van der Waals surface area contributed by atoms with Gasteiger partial charge in [0.15, 0.2) is 0 Å². The van der Waals surface area contributed by atoms with E-state index in [0.717, 1.165) is 5.69 Å². The maximum atomic E-state index is 13.0. The number of nitrogens with zero attached hydrogens (tertiary/aromatic N) is 5. The topological polar surface area (TPSA) is 62.9 Å². The number of piperazine rings is 1. The molecule has 1 saturated heterocycles. The van der Waals surface area contributed by atoms with Gasteiger partial charge >= 0.3 is 5.69 Å². The number of carbonyl (C=O) groups excluding carboxylic acids is 1. The molecule has 134 valence electrons. The molecule has 2 aromatic heterocycles. The highest BCUT2D eigenvalue weighted by Crippen LogP contribution is 2.17. The molecule has 0 unspecified atom stereocenters. The normalized spacial score (nSPS) is 14.8. The Kier molecular flexibility index (Phi) is 4.16. The lowest BCUT2D eigenvalue weighted by atomic mass is 10.2. The van der Waals surface area contributed by atoms with Gasteiger partial charge in [0, 0.05) is 38.1 Å². The van der Waals surface area contributed by atoms with E-state index in [2.05, 4.69) is 10.00 Å².